The highest BCUT2D eigenvalue weighted by molar-refractivity contribution is 5.92. The molecule has 0 saturated heterocycles. The van der Waals surface area contributed by atoms with E-state index in [1.165, 1.54) is 24.3 Å². The highest BCUT2D eigenvalue weighted by Crippen LogP contribution is 2.07. The van der Waals surface area contributed by atoms with Crippen LogP contribution in [0.3, 0.4) is 0 Å². The van der Waals surface area contributed by atoms with Crippen molar-refractivity contribution in [1.82, 2.24) is 5.32 Å². The summed E-state index contributed by atoms with van der Waals surface area (Å²) in [5.74, 6) is -0.563. The summed E-state index contributed by atoms with van der Waals surface area (Å²) in [6, 6.07) is 5.55. The minimum atomic E-state index is -0.436. The molecule has 0 saturated carbocycles. The normalized spacial score (nSPS) is 12.2. The Kier molecular flexibility index (Phi) is 5.59. The fourth-order valence-corrected chi connectivity index (χ4v) is 1.24. The summed E-state index contributed by atoms with van der Waals surface area (Å²) in [5.41, 5.74) is 0.550. The van der Waals surface area contributed by atoms with Gasteiger partial charge in [0, 0.05) is 12.2 Å². The van der Waals surface area contributed by atoms with Gasteiger partial charge in [0.1, 0.15) is 5.82 Å². The number of rotatable bonds is 6. The van der Waals surface area contributed by atoms with Crippen LogP contribution in [-0.4, -0.2) is 30.2 Å². The van der Waals surface area contributed by atoms with Gasteiger partial charge in [-0.2, -0.15) is 0 Å². The molecule has 1 unspecified atom stereocenters. The van der Waals surface area contributed by atoms with Crippen LogP contribution in [0.15, 0.2) is 24.3 Å². The molecule has 0 radical (unpaired) electrons. The third-order valence-electron chi connectivity index (χ3n) is 2.26. The highest BCUT2D eigenvalue weighted by atomic mass is 19.1. The van der Waals surface area contributed by atoms with Crippen LogP contribution in [0.5, 0.6) is 0 Å². The molecule has 0 fully saturated rings. The highest BCUT2D eigenvalue weighted by Gasteiger charge is 2.04. The van der Waals surface area contributed by atoms with Crippen molar-refractivity contribution in [3.8, 4) is 0 Å². The number of nitrogens with one attached hydrogen (secondary N) is 2. The molecule has 1 rings (SSSR count). The Morgan fingerprint density at radius 3 is 2.65 bits per heavy atom. The van der Waals surface area contributed by atoms with E-state index in [4.69, 9.17) is 0 Å². The van der Waals surface area contributed by atoms with Crippen LogP contribution in [0, 0.1) is 5.82 Å². The molecule has 0 aliphatic rings. The molecule has 94 valence electrons. The summed E-state index contributed by atoms with van der Waals surface area (Å²) < 4.78 is 12.6. The molecule has 5 heteroatoms. The van der Waals surface area contributed by atoms with Crippen molar-refractivity contribution < 1.29 is 14.3 Å². The number of benzene rings is 1. The van der Waals surface area contributed by atoms with Crippen LogP contribution in [0.2, 0.25) is 0 Å². The topological polar surface area (TPSA) is 61.4 Å². The second kappa shape index (κ2) is 6.98. The summed E-state index contributed by atoms with van der Waals surface area (Å²) in [6.07, 6.45) is 0.209. The van der Waals surface area contributed by atoms with Crippen LogP contribution in [0.25, 0.3) is 0 Å². The van der Waals surface area contributed by atoms with Crippen molar-refractivity contribution in [2.75, 3.05) is 18.4 Å². The molecule has 0 heterocycles. The molecule has 1 amide bonds. The number of halogens is 1. The number of hydrogen-bond acceptors (Lipinski definition) is 3. The monoisotopic (exact) mass is 240 g/mol. The van der Waals surface area contributed by atoms with E-state index < -0.39 is 6.10 Å². The van der Waals surface area contributed by atoms with Gasteiger partial charge in [-0.15, -0.1) is 0 Å². The lowest BCUT2D eigenvalue weighted by Gasteiger charge is -2.09. The minimum absolute atomic E-state index is 0.119. The molecule has 0 aromatic heterocycles. The molecule has 3 N–H and O–H groups in total. The van der Waals surface area contributed by atoms with Gasteiger partial charge < -0.3 is 15.7 Å². The first-order valence-corrected chi connectivity index (χ1v) is 5.56. The molecule has 17 heavy (non-hydrogen) atoms. The van der Waals surface area contributed by atoms with Crippen molar-refractivity contribution in [3.05, 3.63) is 30.1 Å². The lowest BCUT2D eigenvalue weighted by Crippen LogP contribution is -2.33. The lowest BCUT2D eigenvalue weighted by molar-refractivity contribution is -0.115. The van der Waals surface area contributed by atoms with E-state index in [9.17, 15) is 14.3 Å². The predicted molar refractivity (Wildman–Crippen MR) is 64.2 cm³/mol. The van der Waals surface area contributed by atoms with Crippen molar-refractivity contribution >= 4 is 11.6 Å². The maximum atomic E-state index is 12.6. The summed E-state index contributed by atoms with van der Waals surface area (Å²) >= 11 is 0. The fourth-order valence-electron chi connectivity index (χ4n) is 1.24. The van der Waals surface area contributed by atoms with Crippen LogP contribution in [0.1, 0.15) is 13.3 Å². The Morgan fingerprint density at radius 2 is 2.06 bits per heavy atom. The number of aliphatic hydroxyl groups excluding tert-OH is 1. The Morgan fingerprint density at radius 1 is 1.41 bits per heavy atom. The van der Waals surface area contributed by atoms with Crippen molar-refractivity contribution in [2.45, 2.75) is 19.4 Å². The largest absolute Gasteiger partial charge is 0.392 e. The quantitative estimate of drug-likeness (QED) is 0.698. The number of hydrogen-bond donors (Lipinski definition) is 3. The Balaban J connectivity index is 2.27. The molecule has 0 aliphatic heterocycles. The fraction of sp³-hybridized carbons (Fsp3) is 0.417. The molecular formula is C12H17FN2O2. The van der Waals surface area contributed by atoms with E-state index in [1.54, 1.807) is 0 Å². The maximum absolute atomic E-state index is 12.6. The van der Waals surface area contributed by atoms with Gasteiger partial charge in [-0.05, 0) is 30.7 Å². The summed E-state index contributed by atoms with van der Waals surface area (Å²) in [7, 11) is 0. The van der Waals surface area contributed by atoms with Gasteiger partial charge in [0.2, 0.25) is 5.91 Å². The first-order valence-electron chi connectivity index (χ1n) is 5.56. The van der Waals surface area contributed by atoms with Gasteiger partial charge in [-0.3, -0.25) is 4.79 Å². The zero-order valence-electron chi connectivity index (χ0n) is 9.74. The van der Waals surface area contributed by atoms with E-state index in [0.29, 0.717) is 18.7 Å². The smallest absolute Gasteiger partial charge is 0.238 e. The Bertz CT molecular complexity index is 354. The molecule has 0 bridgehead atoms. The van der Waals surface area contributed by atoms with E-state index in [0.717, 1.165) is 0 Å². The average molecular weight is 240 g/mol. The number of carbonyl (C=O) groups excluding carboxylic acids is 1. The van der Waals surface area contributed by atoms with Crippen LogP contribution in [-0.2, 0) is 4.79 Å². The molecule has 0 aliphatic carbocycles. The predicted octanol–water partition coefficient (Wildman–Crippen LogP) is 1.12. The molecule has 0 spiro atoms. The Labute approximate surface area is 99.8 Å². The van der Waals surface area contributed by atoms with Crippen LogP contribution >= 0.6 is 0 Å². The third-order valence-corrected chi connectivity index (χ3v) is 2.26. The molecular weight excluding hydrogens is 223 g/mol. The number of amides is 1. The summed E-state index contributed by atoms with van der Waals surface area (Å²) in [5, 5.41) is 14.7. The number of carbonyl (C=O) groups is 1. The summed E-state index contributed by atoms with van der Waals surface area (Å²) in [4.78, 5) is 11.4. The zero-order chi connectivity index (χ0) is 12.7. The third kappa shape index (κ3) is 5.42. The van der Waals surface area contributed by atoms with Gasteiger partial charge in [0.05, 0.1) is 12.6 Å². The van der Waals surface area contributed by atoms with Crippen LogP contribution < -0.4 is 10.6 Å². The van der Waals surface area contributed by atoms with Gasteiger partial charge in [0.15, 0.2) is 0 Å². The Hall–Kier alpha value is -1.46. The first-order chi connectivity index (χ1) is 8.11. The SMILES string of the molecule is CCC(O)CNCC(=O)Nc1ccc(F)cc1. The van der Waals surface area contributed by atoms with E-state index in [2.05, 4.69) is 10.6 Å². The number of anilines is 1. The van der Waals surface area contributed by atoms with Gasteiger partial charge in [-0.25, -0.2) is 4.39 Å². The first kappa shape index (κ1) is 13.6. The van der Waals surface area contributed by atoms with Gasteiger partial charge in [0.25, 0.3) is 0 Å². The standard InChI is InChI=1S/C12H17FN2O2/c1-2-11(16)7-14-8-12(17)15-10-5-3-9(13)4-6-10/h3-6,11,14,16H,2,7-8H2,1H3,(H,15,17). The van der Waals surface area contributed by atoms with E-state index >= 15 is 0 Å². The van der Waals surface area contributed by atoms with Crippen molar-refractivity contribution in [2.24, 2.45) is 0 Å². The molecule has 1 aromatic rings. The van der Waals surface area contributed by atoms with Crippen LogP contribution in [0.4, 0.5) is 10.1 Å². The van der Waals surface area contributed by atoms with Gasteiger partial charge in [-0.1, -0.05) is 6.92 Å². The molecule has 1 atom stereocenters. The van der Waals surface area contributed by atoms with E-state index in [-0.39, 0.29) is 18.3 Å². The molecule has 4 nitrogen and oxygen atoms in total. The van der Waals surface area contributed by atoms with Gasteiger partial charge >= 0.3 is 0 Å². The van der Waals surface area contributed by atoms with Crippen molar-refractivity contribution in [1.29, 1.82) is 0 Å². The molecule has 1 aromatic carbocycles. The zero-order valence-corrected chi connectivity index (χ0v) is 9.74. The second-order valence-corrected chi connectivity index (χ2v) is 3.75. The average Bonchev–Trinajstić information content (AvgIpc) is 2.32. The maximum Gasteiger partial charge on any atom is 0.238 e. The number of aliphatic hydroxyl groups is 1. The second-order valence-electron chi connectivity index (χ2n) is 3.75. The summed E-state index contributed by atoms with van der Waals surface area (Å²) in [6.45, 7) is 2.37. The van der Waals surface area contributed by atoms with Crippen molar-refractivity contribution in [3.63, 3.8) is 0 Å². The minimum Gasteiger partial charge on any atom is -0.392 e. The van der Waals surface area contributed by atoms with E-state index in [1.807, 2.05) is 6.92 Å². The lowest BCUT2D eigenvalue weighted by atomic mass is 10.3.